The molecule has 0 bridgehead atoms. The molecule has 13 heavy (non-hydrogen) atoms. The van der Waals surface area contributed by atoms with Gasteiger partial charge in [-0.1, -0.05) is 17.5 Å². The largest absolute Gasteiger partial charge is 0.306 e. The van der Waals surface area contributed by atoms with Crippen molar-refractivity contribution in [1.29, 1.82) is 0 Å². The summed E-state index contributed by atoms with van der Waals surface area (Å²) < 4.78 is 0.864. The smallest absolute Gasteiger partial charge is 0.0931 e. The van der Waals surface area contributed by atoms with Gasteiger partial charge < -0.3 is 5.32 Å². The highest BCUT2D eigenvalue weighted by molar-refractivity contribution is 7.16. The van der Waals surface area contributed by atoms with Gasteiger partial charge in [-0.3, -0.25) is 0 Å². The molecule has 3 heteroatoms. The van der Waals surface area contributed by atoms with E-state index in [1.165, 1.54) is 4.88 Å². The Kier molecular flexibility index (Phi) is 4.92. The first-order valence-corrected chi connectivity index (χ1v) is 5.37. The minimum atomic E-state index is 0.773. The Labute approximate surface area is 88.1 Å². The van der Waals surface area contributed by atoms with E-state index in [1.54, 1.807) is 11.3 Å². The molecule has 0 aliphatic carbocycles. The van der Waals surface area contributed by atoms with Crippen LogP contribution in [0, 0.1) is 11.8 Å². The zero-order valence-electron chi connectivity index (χ0n) is 7.56. The fourth-order valence-electron chi connectivity index (χ4n) is 0.937. The molecule has 0 saturated carbocycles. The molecule has 1 heterocycles. The predicted molar refractivity (Wildman–Crippen MR) is 59.4 cm³/mol. The third-order valence-electron chi connectivity index (χ3n) is 1.57. The Morgan fingerprint density at radius 1 is 1.54 bits per heavy atom. The maximum absolute atomic E-state index is 5.80. The first-order chi connectivity index (χ1) is 6.33. The van der Waals surface area contributed by atoms with E-state index in [1.807, 2.05) is 13.0 Å². The van der Waals surface area contributed by atoms with Crippen LogP contribution < -0.4 is 5.32 Å². The number of nitrogens with one attached hydrogen (secondary N) is 1. The number of halogens is 1. The van der Waals surface area contributed by atoms with E-state index in [0.717, 1.165) is 23.8 Å². The second-order valence-electron chi connectivity index (χ2n) is 2.56. The topological polar surface area (TPSA) is 12.0 Å². The van der Waals surface area contributed by atoms with Gasteiger partial charge in [0.15, 0.2) is 0 Å². The van der Waals surface area contributed by atoms with E-state index in [-0.39, 0.29) is 0 Å². The Hall–Kier alpha value is -0.490. The van der Waals surface area contributed by atoms with Crippen molar-refractivity contribution in [3.63, 3.8) is 0 Å². The minimum absolute atomic E-state index is 0.773. The molecule has 0 fully saturated rings. The van der Waals surface area contributed by atoms with E-state index in [9.17, 15) is 0 Å². The molecular weight excluding hydrogens is 202 g/mol. The summed E-state index contributed by atoms with van der Waals surface area (Å²) in [5.41, 5.74) is 0. The highest BCUT2D eigenvalue weighted by Gasteiger charge is 1.96. The molecule has 0 amide bonds. The molecule has 1 rings (SSSR count). The van der Waals surface area contributed by atoms with Crippen molar-refractivity contribution in [3.05, 3.63) is 21.3 Å². The first-order valence-electron chi connectivity index (χ1n) is 4.17. The van der Waals surface area contributed by atoms with Crippen molar-refractivity contribution < 1.29 is 0 Å². The standard InChI is InChI=1S/C10H12ClNS/c1-2-3-7-12-8-6-9-4-5-10(11)13-9/h4-5,12H,6-8H2,1H3. The van der Waals surface area contributed by atoms with Crippen LogP contribution in [-0.4, -0.2) is 13.1 Å². The summed E-state index contributed by atoms with van der Waals surface area (Å²) in [6.45, 7) is 3.59. The van der Waals surface area contributed by atoms with Gasteiger partial charge in [0.1, 0.15) is 0 Å². The van der Waals surface area contributed by atoms with Gasteiger partial charge in [0.05, 0.1) is 10.9 Å². The summed E-state index contributed by atoms with van der Waals surface area (Å²) in [4.78, 5) is 1.32. The van der Waals surface area contributed by atoms with Crippen LogP contribution in [-0.2, 0) is 6.42 Å². The molecule has 0 unspecified atom stereocenters. The van der Waals surface area contributed by atoms with E-state index in [4.69, 9.17) is 11.6 Å². The molecule has 1 aromatic rings. The SMILES string of the molecule is CC#CCNCCc1ccc(Cl)s1. The lowest BCUT2D eigenvalue weighted by molar-refractivity contribution is 0.759. The lowest BCUT2D eigenvalue weighted by Gasteiger charge is -1.97. The quantitative estimate of drug-likeness (QED) is 0.599. The minimum Gasteiger partial charge on any atom is -0.306 e. The lowest BCUT2D eigenvalue weighted by atomic mass is 10.3. The molecule has 0 spiro atoms. The average molecular weight is 214 g/mol. The van der Waals surface area contributed by atoms with Crippen molar-refractivity contribution in [2.75, 3.05) is 13.1 Å². The fourth-order valence-corrected chi connectivity index (χ4v) is 2.02. The molecule has 1 aromatic heterocycles. The van der Waals surface area contributed by atoms with Crippen LogP contribution in [0.25, 0.3) is 0 Å². The third-order valence-corrected chi connectivity index (χ3v) is 2.86. The number of thiophene rings is 1. The first kappa shape index (κ1) is 10.6. The molecule has 0 atom stereocenters. The normalized spacial score (nSPS) is 9.38. The number of hydrogen-bond donors (Lipinski definition) is 1. The molecular formula is C10H12ClNS. The maximum Gasteiger partial charge on any atom is 0.0931 e. The van der Waals surface area contributed by atoms with Crippen molar-refractivity contribution in [3.8, 4) is 11.8 Å². The van der Waals surface area contributed by atoms with Crippen LogP contribution >= 0.6 is 22.9 Å². The van der Waals surface area contributed by atoms with Gasteiger partial charge >= 0.3 is 0 Å². The Balaban J connectivity index is 2.15. The predicted octanol–water partition coefficient (Wildman–Crippen LogP) is 2.56. The van der Waals surface area contributed by atoms with Gasteiger partial charge in [0.2, 0.25) is 0 Å². The van der Waals surface area contributed by atoms with Gasteiger partial charge in [-0.25, -0.2) is 0 Å². The fraction of sp³-hybridized carbons (Fsp3) is 0.400. The highest BCUT2D eigenvalue weighted by atomic mass is 35.5. The second kappa shape index (κ2) is 6.04. The highest BCUT2D eigenvalue weighted by Crippen LogP contribution is 2.21. The second-order valence-corrected chi connectivity index (χ2v) is 4.36. The Morgan fingerprint density at radius 2 is 2.38 bits per heavy atom. The van der Waals surface area contributed by atoms with Gasteiger partial charge in [-0.05, 0) is 25.5 Å². The van der Waals surface area contributed by atoms with Crippen molar-refractivity contribution >= 4 is 22.9 Å². The van der Waals surface area contributed by atoms with E-state index >= 15 is 0 Å². The zero-order valence-corrected chi connectivity index (χ0v) is 9.13. The maximum atomic E-state index is 5.80. The Morgan fingerprint density at radius 3 is 3.00 bits per heavy atom. The van der Waals surface area contributed by atoms with Crippen molar-refractivity contribution in [2.45, 2.75) is 13.3 Å². The van der Waals surface area contributed by atoms with Crippen LogP contribution in [0.5, 0.6) is 0 Å². The van der Waals surface area contributed by atoms with Crippen LogP contribution in [0.1, 0.15) is 11.8 Å². The van der Waals surface area contributed by atoms with E-state index in [2.05, 4.69) is 23.2 Å². The summed E-state index contributed by atoms with van der Waals surface area (Å²) in [7, 11) is 0. The summed E-state index contributed by atoms with van der Waals surface area (Å²) in [6.07, 6.45) is 1.03. The molecule has 0 radical (unpaired) electrons. The molecule has 0 aromatic carbocycles. The zero-order chi connectivity index (χ0) is 9.52. The summed E-state index contributed by atoms with van der Waals surface area (Å²) in [5, 5.41) is 3.23. The molecule has 1 nitrogen and oxygen atoms in total. The molecule has 0 aliphatic heterocycles. The van der Waals surface area contributed by atoms with Crippen LogP contribution in [0.2, 0.25) is 4.34 Å². The van der Waals surface area contributed by atoms with Crippen LogP contribution in [0.15, 0.2) is 12.1 Å². The average Bonchev–Trinajstić information content (AvgIpc) is 2.51. The number of rotatable bonds is 4. The van der Waals surface area contributed by atoms with Crippen LogP contribution in [0.3, 0.4) is 0 Å². The molecule has 0 saturated heterocycles. The van der Waals surface area contributed by atoms with Gasteiger partial charge in [0.25, 0.3) is 0 Å². The van der Waals surface area contributed by atoms with Gasteiger partial charge in [0, 0.05) is 11.4 Å². The summed E-state index contributed by atoms with van der Waals surface area (Å²) >= 11 is 7.44. The van der Waals surface area contributed by atoms with Crippen molar-refractivity contribution in [2.24, 2.45) is 0 Å². The van der Waals surface area contributed by atoms with Crippen molar-refractivity contribution in [1.82, 2.24) is 5.32 Å². The van der Waals surface area contributed by atoms with Crippen LogP contribution in [0.4, 0.5) is 0 Å². The van der Waals surface area contributed by atoms with Gasteiger partial charge in [-0.15, -0.1) is 17.3 Å². The van der Waals surface area contributed by atoms with Gasteiger partial charge in [-0.2, -0.15) is 0 Å². The third kappa shape index (κ3) is 4.33. The van der Waals surface area contributed by atoms with E-state index < -0.39 is 0 Å². The number of hydrogen-bond acceptors (Lipinski definition) is 2. The lowest BCUT2D eigenvalue weighted by Crippen LogP contribution is -2.16. The monoisotopic (exact) mass is 213 g/mol. The summed E-state index contributed by atoms with van der Waals surface area (Å²) in [5.74, 6) is 5.80. The summed E-state index contributed by atoms with van der Waals surface area (Å²) in [6, 6.07) is 4.01. The van der Waals surface area contributed by atoms with E-state index in [0.29, 0.717) is 0 Å². The molecule has 1 N–H and O–H groups in total. The molecule has 70 valence electrons. The Bertz CT molecular complexity index is 308. The molecule has 0 aliphatic rings.